The van der Waals surface area contributed by atoms with Gasteiger partial charge in [-0.2, -0.15) is 0 Å². The van der Waals surface area contributed by atoms with E-state index in [1.807, 2.05) is 50.2 Å². The number of aromatic nitrogens is 1. The second kappa shape index (κ2) is 10.2. The maximum atomic E-state index is 12.5. The molecule has 1 heterocycles. The van der Waals surface area contributed by atoms with Gasteiger partial charge in [0.15, 0.2) is 10.7 Å². The lowest BCUT2D eigenvalue weighted by Crippen LogP contribution is -2.34. The van der Waals surface area contributed by atoms with Crippen molar-refractivity contribution in [1.82, 2.24) is 10.3 Å². The first-order valence-corrected chi connectivity index (χ1v) is 12.3. The molecule has 3 aromatic carbocycles. The minimum absolute atomic E-state index is 0.0672. The van der Waals surface area contributed by atoms with E-state index in [0.717, 1.165) is 13.6 Å². The Kier molecular flexibility index (Phi) is 7.30. The van der Waals surface area contributed by atoms with Gasteiger partial charge in [0.2, 0.25) is 5.89 Å². The number of nitrogens with one attached hydrogen (secondary N) is 2. The molecule has 0 saturated carbocycles. The van der Waals surface area contributed by atoms with Gasteiger partial charge >= 0.3 is 0 Å². The largest absolute Gasteiger partial charge is 0.491 e. The summed E-state index contributed by atoms with van der Waals surface area (Å²) in [5.41, 5.74) is 3.38. The first kappa shape index (κ1) is 23.7. The van der Waals surface area contributed by atoms with E-state index in [-0.39, 0.29) is 17.1 Å². The van der Waals surface area contributed by atoms with Crippen molar-refractivity contribution in [2.75, 3.05) is 5.32 Å². The van der Waals surface area contributed by atoms with Gasteiger partial charge in [-0.25, -0.2) is 4.98 Å². The fraction of sp³-hybridized carbons (Fsp3) is 0.125. The number of benzene rings is 3. The number of carbonyl (C=O) groups is 1. The Labute approximate surface area is 218 Å². The lowest BCUT2D eigenvalue weighted by molar-refractivity contribution is 0.0977. The summed E-state index contributed by atoms with van der Waals surface area (Å²) in [5, 5.41) is 5.90. The smallest absolute Gasteiger partial charge is 0.257 e. The molecule has 1 amide bonds. The fourth-order valence-corrected chi connectivity index (χ4v) is 4.19. The quantitative estimate of drug-likeness (QED) is 0.186. The van der Waals surface area contributed by atoms with E-state index in [9.17, 15) is 4.79 Å². The number of nitrogens with zero attached hydrogens (tertiary/aromatic N) is 1. The molecule has 0 atom stereocenters. The molecule has 2 N–H and O–H groups in total. The first-order valence-electron chi connectivity index (χ1n) is 10.0. The van der Waals surface area contributed by atoms with Gasteiger partial charge in [-0.3, -0.25) is 10.1 Å². The predicted molar refractivity (Wildman–Crippen MR) is 146 cm³/mol. The number of oxazole rings is 1. The van der Waals surface area contributed by atoms with Crippen molar-refractivity contribution < 1.29 is 13.9 Å². The maximum Gasteiger partial charge on any atom is 0.257 e. The number of halogens is 2. The summed E-state index contributed by atoms with van der Waals surface area (Å²) in [7, 11) is 0. The van der Waals surface area contributed by atoms with E-state index < -0.39 is 0 Å². The summed E-state index contributed by atoms with van der Waals surface area (Å²) in [6.45, 7) is 3.90. The average molecular weight is 636 g/mol. The van der Waals surface area contributed by atoms with Crippen LogP contribution in [0.15, 0.2) is 69.6 Å². The van der Waals surface area contributed by atoms with Gasteiger partial charge in [0.1, 0.15) is 11.3 Å². The van der Waals surface area contributed by atoms with E-state index in [4.69, 9.17) is 21.4 Å². The molecule has 4 rings (SSSR count). The van der Waals surface area contributed by atoms with Crippen molar-refractivity contribution in [3.05, 3.63) is 74.3 Å². The molecule has 0 bridgehead atoms. The highest BCUT2D eigenvalue weighted by Gasteiger charge is 2.13. The van der Waals surface area contributed by atoms with Gasteiger partial charge in [0.05, 0.1) is 11.7 Å². The van der Waals surface area contributed by atoms with Gasteiger partial charge in [-0.1, -0.05) is 0 Å². The standard InChI is InChI=1S/C24H19BrIN3O3S/c1-13(2)31-17-7-3-14(4-8-17)22(30)29-24(33)27-16-6-10-21-20(12-16)28-23(32-21)18-11-15(26)5-9-19(18)25/h3-13H,1-2H3,(H2,27,29,30,33). The molecule has 0 aliphatic heterocycles. The number of anilines is 1. The highest BCUT2D eigenvalue weighted by atomic mass is 127. The molecule has 1 aromatic heterocycles. The van der Waals surface area contributed by atoms with Crippen LogP contribution >= 0.6 is 50.7 Å². The van der Waals surface area contributed by atoms with Crippen LogP contribution < -0.4 is 15.4 Å². The van der Waals surface area contributed by atoms with Crippen LogP contribution in [0.4, 0.5) is 5.69 Å². The predicted octanol–water partition coefficient (Wildman–Crippen LogP) is 6.78. The molecule has 0 aliphatic carbocycles. The summed E-state index contributed by atoms with van der Waals surface area (Å²) < 4.78 is 13.5. The molecule has 0 spiro atoms. The van der Waals surface area contributed by atoms with Gasteiger partial charge < -0.3 is 14.5 Å². The molecule has 0 aliphatic rings. The molecular formula is C24H19BrIN3O3S. The van der Waals surface area contributed by atoms with Gasteiger partial charge in [-0.05, 0) is 125 Å². The van der Waals surface area contributed by atoms with Crippen LogP contribution in [0.1, 0.15) is 24.2 Å². The normalized spacial score (nSPS) is 10.9. The number of thiocarbonyl (C=S) groups is 1. The summed E-state index contributed by atoms with van der Waals surface area (Å²) in [4.78, 5) is 17.1. The Hall–Kier alpha value is -2.50. The Morgan fingerprint density at radius 3 is 2.61 bits per heavy atom. The summed E-state index contributed by atoms with van der Waals surface area (Å²) in [6.07, 6.45) is 0.0672. The van der Waals surface area contributed by atoms with Gasteiger partial charge in [0.25, 0.3) is 5.91 Å². The van der Waals surface area contributed by atoms with E-state index in [0.29, 0.717) is 34.0 Å². The zero-order chi connectivity index (χ0) is 23.5. The number of fused-ring (bicyclic) bond motifs is 1. The number of hydrogen-bond acceptors (Lipinski definition) is 5. The van der Waals surface area contributed by atoms with Crippen LogP contribution in [-0.2, 0) is 0 Å². The number of rotatable bonds is 5. The fourth-order valence-electron chi connectivity index (χ4n) is 3.08. The monoisotopic (exact) mass is 635 g/mol. The second-order valence-corrected chi connectivity index (χ2v) is 9.93. The van der Waals surface area contributed by atoms with Crippen molar-refractivity contribution in [1.29, 1.82) is 0 Å². The minimum atomic E-state index is -0.308. The van der Waals surface area contributed by atoms with Crippen molar-refractivity contribution in [3.8, 4) is 17.2 Å². The SMILES string of the molecule is CC(C)Oc1ccc(C(=O)NC(=S)Nc2ccc3oc(-c4cc(I)ccc4Br)nc3c2)cc1. The summed E-state index contributed by atoms with van der Waals surface area (Å²) in [5.74, 6) is 0.921. The van der Waals surface area contributed by atoms with Gasteiger partial charge in [-0.15, -0.1) is 0 Å². The summed E-state index contributed by atoms with van der Waals surface area (Å²) in [6, 6.07) is 18.3. The molecule has 4 aromatic rings. The Morgan fingerprint density at radius 2 is 1.88 bits per heavy atom. The molecule has 0 fully saturated rings. The third-order valence-electron chi connectivity index (χ3n) is 4.52. The van der Waals surface area contributed by atoms with E-state index in [1.54, 1.807) is 24.3 Å². The third-order valence-corrected chi connectivity index (χ3v) is 6.09. The zero-order valence-corrected chi connectivity index (χ0v) is 22.2. The van der Waals surface area contributed by atoms with Crippen molar-refractivity contribution in [2.45, 2.75) is 20.0 Å². The Bertz CT molecular complexity index is 1340. The third kappa shape index (κ3) is 5.90. The number of hydrogen-bond donors (Lipinski definition) is 2. The lowest BCUT2D eigenvalue weighted by atomic mass is 10.2. The highest BCUT2D eigenvalue weighted by molar-refractivity contribution is 14.1. The Morgan fingerprint density at radius 1 is 1.12 bits per heavy atom. The number of amides is 1. The van der Waals surface area contributed by atoms with Gasteiger partial charge in [0, 0.05) is 19.3 Å². The van der Waals surface area contributed by atoms with E-state index in [2.05, 4.69) is 54.1 Å². The number of carbonyl (C=O) groups excluding carboxylic acids is 1. The van der Waals surface area contributed by atoms with Crippen LogP contribution in [0.3, 0.4) is 0 Å². The summed E-state index contributed by atoms with van der Waals surface area (Å²) >= 11 is 11.1. The van der Waals surface area contributed by atoms with Crippen molar-refractivity contribution in [2.24, 2.45) is 0 Å². The average Bonchev–Trinajstić information content (AvgIpc) is 3.18. The van der Waals surface area contributed by atoms with E-state index >= 15 is 0 Å². The minimum Gasteiger partial charge on any atom is -0.491 e. The van der Waals surface area contributed by atoms with Crippen LogP contribution in [0.5, 0.6) is 5.75 Å². The van der Waals surface area contributed by atoms with Crippen LogP contribution in [0, 0.1) is 3.57 Å². The van der Waals surface area contributed by atoms with Crippen molar-refractivity contribution >= 4 is 78.5 Å². The van der Waals surface area contributed by atoms with Crippen molar-refractivity contribution in [3.63, 3.8) is 0 Å². The molecule has 0 radical (unpaired) electrons. The Balaban J connectivity index is 1.44. The molecule has 9 heteroatoms. The van der Waals surface area contributed by atoms with Crippen LogP contribution in [-0.4, -0.2) is 22.1 Å². The zero-order valence-electron chi connectivity index (χ0n) is 17.7. The first-order chi connectivity index (χ1) is 15.8. The second-order valence-electron chi connectivity index (χ2n) is 7.42. The molecule has 0 saturated heterocycles. The van der Waals surface area contributed by atoms with Crippen LogP contribution in [0.2, 0.25) is 0 Å². The molecule has 0 unspecified atom stereocenters. The molecular weight excluding hydrogens is 617 g/mol. The molecule has 6 nitrogen and oxygen atoms in total. The van der Waals surface area contributed by atoms with E-state index in [1.165, 1.54) is 0 Å². The maximum absolute atomic E-state index is 12.5. The highest BCUT2D eigenvalue weighted by Crippen LogP contribution is 2.32. The molecule has 33 heavy (non-hydrogen) atoms. The van der Waals surface area contributed by atoms with Crippen LogP contribution in [0.25, 0.3) is 22.6 Å². The number of ether oxygens (including phenoxy) is 1. The topological polar surface area (TPSA) is 76.4 Å². The lowest BCUT2D eigenvalue weighted by Gasteiger charge is -2.11. The molecule has 168 valence electrons.